The zero-order chi connectivity index (χ0) is 11.5. The molecule has 0 unspecified atom stereocenters. The molecule has 0 amide bonds. The van der Waals surface area contributed by atoms with Crippen LogP contribution in [0, 0.1) is 0 Å². The molecule has 0 aromatic heterocycles. The third kappa shape index (κ3) is 2.64. The van der Waals surface area contributed by atoms with Crippen LogP contribution in [0.4, 0.5) is 0 Å². The fourth-order valence-corrected chi connectivity index (χ4v) is 1.87. The Morgan fingerprint density at radius 3 is 2.20 bits per heavy atom. The quantitative estimate of drug-likeness (QED) is 0.786. The molecule has 0 spiro atoms. The van der Waals surface area contributed by atoms with Gasteiger partial charge in [0.15, 0.2) is 5.78 Å². The van der Waals surface area contributed by atoms with Crippen LogP contribution in [0.3, 0.4) is 0 Å². The highest BCUT2D eigenvalue weighted by atomic mass is 32.2. The van der Waals surface area contributed by atoms with Crippen molar-refractivity contribution in [2.24, 2.45) is 0 Å². The lowest BCUT2D eigenvalue weighted by Gasteiger charge is -2.03. The van der Waals surface area contributed by atoms with E-state index in [4.69, 9.17) is 0 Å². The van der Waals surface area contributed by atoms with E-state index in [2.05, 4.69) is 4.72 Å². The normalized spacial score (nSPS) is 11.3. The molecule has 0 saturated heterocycles. The van der Waals surface area contributed by atoms with Crippen LogP contribution >= 0.6 is 0 Å². The number of hydrogen-bond donors (Lipinski definition) is 1. The fraction of sp³-hybridized carbons (Fsp3) is 0.300. The minimum absolute atomic E-state index is 0.00315. The zero-order valence-corrected chi connectivity index (χ0v) is 9.47. The van der Waals surface area contributed by atoms with Gasteiger partial charge >= 0.3 is 0 Å². The van der Waals surface area contributed by atoms with Crippen LogP contribution in [0.25, 0.3) is 0 Å². The van der Waals surface area contributed by atoms with Crippen LogP contribution < -0.4 is 4.72 Å². The molecule has 0 aliphatic heterocycles. The summed E-state index contributed by atoms with van der Waals surface area (Å²) in [6, 6.07) is 5.90. The van der Waals surface area contributed by atoms with E-state index in [-0.39, 0.29) is 10.7 Å². The van der Waals surface area contributed by atoms with Crippen molar-refractivity contribution < 1.29 is 13.2 Å². The number of sulfonamides is 1. The second kappa shape index (κ2) is 4.55. The summed E-state index contributed by atoms with van der Waals surface area (Å²) in [4.78, 5) is 11.4. The highest BCUT2D eigenvalue weighted by molar-refractivity contribution is 7.89. The Labute approximate surface area is 89.4 Å². The number of rotatable bonds is 4. The smallest absolute Gasteiger partial charge is 0.240 e. The zero-order valence-electron chi connectivity index (χ0n) is 8.65. The van der Waals surface area contributed by atoms with Crippen LogP contribution in [-0.2, 0) is 10.0 Å². The Bertz CT molecular complexity index is 448. The summed E-state index contributed by atoms with van der Waals surface area (Å²) in [6.45, 7) is 1.76. The van der Waals surface area contributed by atoms with E-state index in [9.17, 15) is 13.2 Å². The van der Waals surface area contributed by atoms with E-state index in [1.165, 1.54) is 31.3 Å². The average molecular weight is 227 g/mol. The molecule has 0 atom stereocenters. The van der Waals surface area contributed by atoms with Crippen LogP contribution in [0.1, 0.15) is 23.7 Å². The average Bonchev–Trinajstić information content (AvgIpc) is 2.28. The first-order chi connectivity index (χ1) is 7.01. The Kier molecular flexibility index (Phi) is 3.60. The summed E-state index contributed by atoms with van der Waals surface area (Å²) in [7, 11) is -2.06. The Balaban J connectivity index is 3.06. The second-order valence-electron chi connectivity index (χ2n) is 3.01. The van der Waals surface area contributed by atoms with E-state index in [0.717, 1.165) is 0 Å². The Hall–Kier alpha value is -1.20. The topological polar surface area (TPSA) is 63.2 Å². The lowest BCUT2D eigenvalue weighted by molar-refractivity contribution is 0.0988. The molecule has 82 valence electrons. The maximum atomic E-state index is 11.4. The van der Waals surface area contributed by atoms with Gasteiger partial charge < -0.3 is 0 Å². The van der Waals surface area contributed by atoms with E-state index in [0.29, 0.717) is 12.0 Å². The van der Waals surface area contributed by atoms with E-state index >= 15 is 0 Å². The second-order valence-corrected chi connectivity index (χ2v) is 4.90. The summed E-state index contributed by atoms with van der Waals surface area (Å²) in [5, 5.41) is 0. The van der Waals surface area contributed by atoms with Gasteiger partial charge in [0.2, 0.25) is 10.0 Å². The van der Waals surface area contributed by atoms with Crippen LogP contribution in [0.15, 0.2) is 29.2 Å². The van der Waals surface area contributed by atoms with Gasteiger partial charge in [0.05, 0.1) is 4.90 Å². The number of Topliss-reactive ketones (excluding diaryl/α,β-unsaturated/α-hetero) is 1. The van der Waals surface area contributed by atoms with Crippen molar-refractivity contribution >= 4 is 15.8 Å². The molecular weight excluding hydrogens is 214 g/mol. The molecule has 0 aliphatic carbocycles. The first kappa shape index (κ1) is 11.9. The van der Waals surface area contributed by atoms with Gasteiger partial charge in [-0.3, -0.25) is 4.79 Å². The number of benzene rings is 1. The van der Waals surface area contributed by atoms with Gasteiger partial charge in [-0.2, -0.15) is 0 Å². The van der Waals surface area contributed by atoms with Crippen molar-refractivity contribution in [1.82, 2.24) is 4.72 Å². The van der Waals surface area contributed by atoms with Gasteiger partial charge in [0.1, 0.15) is 0 Å². The van der Waals surface area contributed by atoms with Crippen molar-refractivity contribution in [2.75, 3.05) is 7.05 Å². The Morgan fingerprint density at radius 2 is 1.80 bits per heavy atom. The molecule has 0 fully saturated rings. The molecule has 5 heteroatoms. The minimum atomic E-state index is -3.41. The van der Waals surface area contributed by atoms with Crippen molar-refractivity contribution in [1.29, 1.82) is 0 Å². The minimum Gasteiger partial charge on any atom is -0.294 e. The summed E-state index contributed by atoms with van der Waals surface area (Å²) in [5.74, 6) is 0.00315. The monoisotopic (exact) mass is 227 g/mol. The Morgan fingerprint density at radius 1 is 1.27 bits per heavy atom. The molecule has 15 heavy (non-hydrogen) atoms. The van der Waals surface area contributed by atoms with Crippen molar-refractivity contribution in [3.05, 3.63) is 29.8 Å². The lowest BCUT2D eigenvalue weighted by Crippen LogP contribution is -2.18. The summed E-state index contributed by atoms with van der Waals surface area (Å²) in [5.41, 5.74) is 0.535. The molecule has 0 heterocycles. The van der Waals surface area contributed by atoms with Crippen molar-refractivity contribution in [2.45, 2.75) is 18.2 Å². The summed E-state index contributed by atoms with van der Waals surface area (Å²) < 4.78 is 24.9. The highest BCUT2D eigenvalue weighted by Gasteiger charge is 2.11. The summed E-state index contributed by atoms with van der Waals surface area (Å²) in [6.07, 6.45) is 0.415. The lowest BCUT2D eigenvalue weighted by atomic mass is 10.1. The molecule has 0 saturated carbocycles. The molecule has 0 radical (unpaired) electrons. The van der Waals surface area contributed by atoms with E-state index in [1.807, 2.05) is 0 Å². The van der Waals surface area contributed by atoms with Crippen molar-refractivity contribution in [3.8, 4) is 0 Å². The van der Waals surface area contributed by atoms with Gasteiger partial charge in [-0.1, -0.05) is 19.1 Å². The molecule has 0 bridgehead atoms. The molecule has 1 rings (SSSR count). The molecular formula is C10H13NO3S. The number of carbonyl (C=O) groups is 1. The number of carbonyl (C=O) groups excluding carboxylic acids is 1. The maximum Gasteiger partial charge on any atom is 0.240 e. The first-order valence-corrected chi connectivity index (χ1v) is 6.06. The maximum absolute atomic E-state index is 11.4. The number of nitrogens with one attached hydrogen (secondary N) is 1. The van der Waals surface area contributed by atoms with E-state index < -0.39 is 10.0 Å². The predicted octanol–water partition coefficient (Wildman–Crippen LogP) is 1.19. The largest absolute Gasteiger partial charge is 0.294 e. The molecule has 4 nitrogen and oxygen atoms in total. The molecule has 1 N–H and O–H groups in total. The predicted molar refractivity (Wildman–Crippen MR) is 57.3 cm³/mol. The molecule has 0 aliphatic rings. The van der Waals surface area contributed by atoms with Gasteiger partial charge in [-0.15, -0.1) is 0 Å². The third-order valence-corrected chi connectivity index (χ3v) is 3.51. The van der Waals surface area contributed by atoms with Gasteiger partial charge in [-0.05, 0) is 19.2 Å². The fourth-order valence-electron chi connectivity index (χ4n) is 1.14. The first-order valence-electron chi connectivity index (χ1n) is 4.58. The molecule has 1 aromatic carbocycles. The summed E-state index contributed by atoms with van der Waals surface area (Å²) >= 11 is 0. The van der Waals surface area contributed by atoms with Gasteiger partial charge in [0, 0.05) is 12.0 Å². The van der Waals surface area contributed by atoms with E-state index in [1.54, 1.807) is 6.92 Å². The standard InChI is InChI=1S/C10H13NO3S/c1-3-10(12)8-4-6-9(7-5-8)15(13,14)11-2/h4-7,11H,3H2,1-2H3. The van der Waals surface area contributed by atoms with Gasteiger partial charge in [0.25, 0.3) is 0 Å². The van der Waals surface area contributed by atoms with Crippen LogP contribution in [0.5, 0.6) is 0 Å². The van der Waals surface area contributed by atoms with Crippen LogP contribution in [0.2, 0.25) is 0 Å². The number of hydrogen-bond acceptors (Lipinski definition) is 3. The number of ketones is 1. The van der Waals surface area contributed by atoms with Gasteiger partial charge in [-0.25, -0.2) is 13.1 Å². The molecule has 1 aromatic rings. The van der Waals surface area contributed by atoms with Crippen LogP contribution in [-0.4, -0.2) is 21.2 Å². The van der Waals surface area contributed by atoms with Crippen molar-refractivity contribution in [3.63, 3.8) is 0 Å². The third-order valence-electron chi connectivity index (χ3n) is 2.08. The SMILES string of the molecule is CCC(=O)c1ccc(S(=O)(=O)NC)cc1. The highest BCUT2D eigenvalue weighted by Crippen LogP contribution is 2.11.